The van der Waals surface area contributed by atoms with Crippen molar-refractivity contribution in [3.8, 4) is 17.6 Å². The van der Waals surface area contributed by atoms with Gasteiger partial charge in [0.25, 0.3) is 11.8 Å². The minimum atomic E-state index is -1.14. The van der Waals surface area contributed by atoms with E-state index in [1.807, 2.05) is 6.07 Å². The summed E-state index contributed by atoms with van der Waals surface area (Å²) in [5.41, 5.74) is -0.340. The third kappa shape index (κ3) is 2.15. The number of rotatable bonds is 3. The van der Waals surface area contributed by atoms with E-state index in [0.29, 0.717) is 11.5 Å². The highest BCUT2D eigenvalue weighted by Crippen LogP contribution is 2.69. The van der Waals surface area contributed by atoms with E-state index in [0.717, 1.165) is 5.56 Å². The molecule has 0 aromatic heterocycles. The van der Waals surface area contributed by atoms with Gasteiger partial charge in [-0.2, -0.15) is 5.26 Å². The summed E-state index contributed by atoms with van der Waals surface area (Å²) in [4.78, 5) is 28.1. The second kappa shape index (κ2) is 5.97. The van der Waals surface area contributed by atoms with Gasteiger partial charge in [-0.25, -0.2) is 0 Å². The van der Waals surface area contributed by atoms with Crippen LogP contribution in [0.5, 0.6) is 11.5 Å². The SMILES string of the molecule is COC[C@]1(C#N)CC23SSC(C)(C(=O)N2C1c1ccc2c(c1)OCO2)N(C)C3=O. The van der Waals surface area contributed by atoms with Crippen LogP contribution in [-0.4, -0.2) is 58.9 Å². The van der Waals surface area contributed by atoms with Gasteiger partial charge in [-0.3, -0.25) is 9.59 Å². The minimum absolute atomic E-state index is 0.104. The fourth-order valence-corrected chi connectivity index (χ4v) is 8.31. The minimum Gasteiger partial charge on any atom is -0.454 e. The van der Waals surface area contributed by atoms with Crippen molar-refractivity contribution in [1.29, 1.82) is 5.26 Å². The van der Waals surface area contributed by atoms with Crippen LogP contribution in [0.2, 0.25) is 0 Å². The number of nitriles is 1. The second-order valence-electron chi connectivity index (χ2n) is 7.87. The van der Waals surface area contributed by atoms with Crippen molar-refractivity contribution in [2.45, 2.75) is 29.1 Å². The fraction of sp³-hybridized carbons (Fsp3) is 0.526. The molecule has 2 bridgehead atoms. The van der Waals surface area contributed by atoms with Gasteiger partial charge in [0.15, 0.2) is 21.2 Å². The number of carbonyl (C=O) groups excluding carboxylic acids is 2. The van der Waals surface area contributed by atoms with Crippen LogP contribution in [0.1, 0.15) is 24.9 Å². The van der Waals surface area contributed by atoms with Crippen LogP contribution in [0.3, 0.4) is 0 Å². The summed E-state index contributed by atoms with van der Waals surface area (Å²) >= 11 is 0. The Morgan fingerprint density at radius 2 is 2.03 bits per heavy atom. The second-order valence-corrected chi connectivity index (χ2v) is 10.7. The Morgan fingerprint density at radius 1 is 1.28 bits per heavy atom. The van der Waals surface area contributed by atoms with E-state index in [2.05, 4.69) is 6.07 Å². The smallest absolute Gasteiger partial charge is 0.261 e. The molecule has 2 amide bonds. The average molecular weight is 434 g/mol. The summed E-state index contributed by atoms with van der Waals surface area (Å²) in [5.74, 6) is 0.871. The fourth-order valence-electron chi connectivity index (χ4n) is 4.77. The van der Waals surface area contributed by atoms with Crippen LogP contribution in [0.25, 0.3) is 0 Å². The number of likely N-dealkylation sites (N-methyl/N-ethyl adjacent to an activating group) is 1. The molecule has 0 saturated carbocycles. The van der Waals surface area contributed by atoms with Gasteiger partial charge < -0.3 is 24.0 Å². The number of methoxy groups -OCH3 is 1. The molecule has 10 heteroatoms. The molecule has 4 atom stereocenters. The van der Waals surface area contributed by atoms with E-state index in [1.165, 1.54) is 33.6 Å². The zero-order valence-corrected chi connectivity index (χ0v) is 17.8. The molecule has 4 saturated heterocycles. The van der Waals surface area contributed by atoms with E-state index < -0.39 is 21.2 Å². The summed E-state index contributed by atoms with van der Waals surface area (Å²) in [7, 11) is 5.95. The third-order valence-electron chi connectivity index (χ3n) is 6.30. The maximum atomic E-state index is 13.7. The van der Waals surface area contributed by atoms with Gasteiger partial charge >= 0.3 is 0 Å². The van der Waals surface area contributed by atoms with E-state index in [9.17, 15) is 14.9 Å². The molecule has 8 nitrogen and oxygen atoms in total. The molecule has 29 heavy (non-hydrogen) atoms. The van der Waals surface area contributed by atoms with Crippen LogP contribution in [0, 0.1) is 16.7 Å². The number of benzene rings is 1. The number of piperazine rings is 1. The van der Waals surface area contributed by atoms with Crippen molar-refractivity contribution in [1.82, 2.24) is 9.80 Å². The molecule has 1 aromatic rings. The average Bonchev–Trinajstić information content (AvgIpc) is 3.30. The highest BCUT2D eigenvalue weighted by molar-refractivity contribution is 8.78. The van der Waals surface area contributed by atoms with Crippen molar-refractivity contribution < 1.29 is 23.8 Å². The highest BCUT2D eigenvalue weighted by Gasteiger charge is 2.75. The van der Waals surface area contributed by atoms with E-state index in [-0.39, 0.29) is 31.6 Å². The number of nitrogens with zero attached hydrogens (tertiary/aromatic N) is 3. The van der Waals surface area contributed by atoms with Crippen molar-refractivity contribution in [3.63, 3.8) is 0 Å². The molecular formula is C19H19N3O5S2. The van der Waals surface area contributed by atoms with Gasteiger partial charge in [-0.05, 0) is 24.6 Å². The van der Waals surface area contributed by atoms with Crippen LogP contribution in [0.4, 0.5) is 0 Å². The van der Waals surface area contributed by atoms with Crippen molar-refractivity contribution in [2.24, 2.45) is 5.41 Å². The first-order valence-corrected chi connectivity index (χ1v) is 11.3. The monoisotopic (exact) mass is 433 g/mol. The summed E-state index contributed by atoms with van der Waals surface area (Å²) in [6.45, 7) is 1.99. The van der Waals surface area contributed by atoms with Gasteiger partial charge in [0.2, 0.25) is 6.79 Å². The van der Waals surface area contributed by atoms with Gasteiger partial charge in [0.1, 0.15) is 5.41 Å². The van der Waals surface area contributed by atoms with Gasteiger partial charge in [-0.15, -0.1) is 0 Å². The molecule has 152 valence electrons. The van der Waals surface area contributed by atoms with Crippen LogP contribution in [0.15, 0.2) is 18.2 Å². The normalized spacial score (nSPS) is 37.1. The lowest BCUT2D eigenvalue weighted by Gasteiger charge is -2.57. The zero-order chi connectivity index (χ0) is 20.6. The molecule has 5 heterocycles. The zero-order valence-electron chi connectivity index (χ0n) is 16.1. The summed E-state index contributed by atoms with van der Waals surface area (Å²) in [6, 6.07) is 7.19. The summed E-state index contributed by atoms with van der Waals surface area (Å²) < 4.78 is 16.4. The van der Waals surface area contributed by atoms with Crippen molar-refractivity contribution >= 4 is 33.4 Å². The molecule has 5 aliphatic rings. The third-order valence-corrected chi connectivity index (χ3v) is 10.00. The standard InChI is InChI=1S/C19H19N3O5S2/c1-17-15(23)22-14(11-4-5-12-13(6-11)27-10-26-12)18(8-20,9-25-3)7-19(22,29-28-17)16(24)21(17)2/h4-6,14H,7,9-10H2,1-3H3/t14?,17?,18-,19?/m1/s1. The molecule has 5 aliphatic heterocycles. The lowest BCUT2D eigenvalue weighted by molar-refractivity contribution is -0.164. The first-order valence-electron chi connectivity index (χ1n) is 9.12. The molecular weight excluding hydrogens is 414 g/mol. The number of amides is 2. The summed E-state index contributed by atoms with van der Waals surface area (Å²) in [5, 5.41) is 10.3. The molecule has 1 aromatic carbocycles. The molecule has 3 unspecified atom stereocenters. The quantitative estimate of drug-likeness (QED) is 0.670. The maximum Gasteiger partial charge on any atom is 0.261 e. The molecule has 0 N–H and O–H groups in total. The van der Waals surface area contributed by atoms with Crippen molar-refractivity contribution in [2.75, 3.05) is 27.6 Å². The Morgan fingerprint density at radius 3 is 2.76 bits per heavy atom. The van der Waals surface area contributed by atoms with Crippen LogP contribution < -0.4 is 9.47 Å². The van der Waals surface area contributed by atoms with Crippen LogP contribution >= 0.6 is 21.6 Å². The van der Waals surface area contributed by atoms with E-state index in [4.69, 9.17) is 14.2 Å². The predicted octanol–water partition coefficient (Wildman–Crippen LogP) is 2.12. The largest absolute Gasteiger partial charge is 0.454 e. The van der Waals surface area contributed by atoms with Gasteiger partial charge in [0, 0.05) is 20.6 Å². The van der Waals surface area contributed by atoms with Crippen LogP contribution in [-0.2, 0) is 14.3 Å². The Labute approximate surface area is 175 Å². The Kier molecular flexibility index (Phi) is 3.89. The molecule has 4 fully saturated rings. The molecule has 0 radical (unpaired) electrons. The van der Waals surface area contributed by atoms with Gasteiger partial charge in [0.05, 0.1) is 18.7 Å². The first-order chi connectivity index (χ1) is 13.8. The lowest BCUT2D eigenvalue weighted by atomic mass is 9.78. The summed E-state index contributed by atoms with van der Waals surface area (Å²) in [6.07, 6.45) is 0.201. The van der Waals surface area contributed by atoms with Crippen molar-refractivity contribution in [3.05, 3.63) is 23.8 Å². The number of fused-ring (bicyclic) bond motifs is 3. The highest BCUT2D eigenvalue weighted by atomic mass is 33.1. The Hall–Kier alpha value is -2.09. The topological polar surface area (TPSA) is 92.1 Å². The first kappa shape index (κ1) is 18.9. The molecule has 6 rings (SSSR count). The predicted molar refractivity (Wildman–Crippen MR) is 106 cm³/mol. The Bertz CT molecular complexity index is 983. The number of hydrogen-bond donors (Lipinski definition) is 0. The lowest BCUT2D eigenvalue weighted by Crippen LogP contribution is -2.73. The number of ether oxygens (including phenoxy) is 3. The molecule has 1 spiro atoms. The Balaban J connectivity index is 1.72. The number of hydrogen-bond acceptors (Lipinski definition) is 8. The van der Waals surface area contributed by atoms with Gasteiger partial charge in [-0.1, -0.05) is 27.7 Å². The molecule has 0 aliphatic carbocycles. The number of carbonyl (C=O) groups is 2. The van der Waals surface area contributed by atoms with E-state index in [1.54, 1.807) is 31.0 Å². The van der Waals surface area contributed by atoms with E-state index >= 15 is 0 Å². The maximum absolute atomic E-state index is 13.7.